The number of carbonyl (C=O) groups is 2. The van der Waals surface area contributed by atoms with Gasteiger partial charge in [-0.15, -0.1) is 0 Å². The van der Waals surface area contributed by atoms with Crippen molar-refractivity contribution >= 4 is 11.9 Å². The fourth-order valence-corrected chi connectivity index (χ4v) is 3.38. The first kappa shape index (κ1) is 13.4. The Kier molecular flexibility index (Phi) is 3.01. The van der Waals surface area contributed by atoms with Crippen molar-refractivity contribution in [1.82, 2.24) is 0 Å². The summed E-state index contributed by atoms with van der Waals surface area (Å²) in [6.07, 6.45) is -0.458. The van der Waals surface area contributed by atoms with E-state index in [1.807, 2.05) is 48.5 Å². The van der Waals surface area contributed by atoms with Gasteiger partial charge in [-0.3, -0.25) is 9.59 Å². The van der Waals surface area contributed by atoms with Gasteiger partial charge >= 0.3 is 11.9 Å². The summed E-state index contributed by atoms with van der Waals surface area (Å²) in [5.41, 5.74) is 2.43. The van der Waals surface area contributed by atoms with Crippen LogP contribution in [0.25, 0.3) is 11.1 Å². The minimum absolute atomic E-state index is 0.229. The Bertz CT molecular complexity index is 670. The van der Waals surface area contributed by atoms with Crippen LogP contribution < -0.4 is 0 Å². The van der Waals surface area contributed by atoms with Gasteiger partial charge < -0.3 is 10.2 Å². The van der Waals surface area contributed by atoms with Gasteiger partial charge in [0.05, 0.1) is 12.8 Å². The van der Waals surface area contributed by atoms with Gasteiger partial charge in [-0.2, -0.15) is 0 Å². The number of carboxylic acid groups (broad SMARTS) is 2. The first-order valence-corrected chi connectivity index (χ1v) is 6.67. The summed E-state index contributed by atoms with van der Waals surface area (Å²) in [5.74, 6) is -1.99. The van der Waals surface area contributed by atoms with E-state index in [1.54, 1.807) is 0 Å². The number of hydrogen-bond acceptors (Lipinski definition) is 2. The zero-order valence-electron chi connectivity index (χ0n) is 11.2. The molecular formula is C17H14O4. The van der Waals surface area contributed by atoms with Crippen molar-refractivity contribution in [3.05, 3.63) is 59.7 Å². The van der Waals surface area contributed by atoms with Crippen LogP contribution in [0, 0.1) is 0 Å². The second-order valence-corrected chi connectivity index (χ2v) is 5.31. The average Bonchev–Trinajstić information content (AvgIpc) is 2.70. The van der Waals surface area contributed by atoms with E-state index in [1.165, 1.54) is 0 Å². The van der Waals surface area contributed by atoms with Gasteiger partial charge in [-0.05, 0) is 22.3 Å². The van der Waals surface area contributed by atoms with Crippen LogP contribution in [0.5, 0.6) is 0 Å². The topological polar surface area (TPSA) is 74.6 Å². The highest BCUT2D eigenvalue weighted by Gasteiger charge is 2.45. The maximum Gasteiger partial charge on any atom is 0.304 e. The highest BCUT2D eigenvalue weighted by molar-refractivity contribution is 5.87. The maximum atomic E-state index is 11.4. The summed E-state index contributed by atoms with van der Waals surface area (Å²) in [5, 5.41) is 18.6. The Morgan fingerprint density at radius 3 is 1.52 bits per heavy atom. The van der Waals surface area contributed by atoms with E-state index in [2.05, 4.69) is 0 Å². The highest BCUT2D eigenvalue weighted by Crippen LogP contribution is 2.52. The maximum absolute atomic E-state index is 11.4. The summed E-state index contributed by atoms with van der Waals surface area (Å²) in [4.78, 5) is 22.7. The zero-order chi connectivity index (χ0) is 15.0. The molecule has 2 aromatic carbocycles. The van der Waals surface area contributed by atoms with E-state index in [-0.39, 0.29) is 12.8 Å². The molecule has 0 saturated heterocycles. The van der Waals surface area contributed by atoms with Crippen molar-refractivity contribution in [2.45, 2.75) is 18.3 Å². The molecule has 0 aromatic heterocycles. The van der Waals surface area contributed by atoms with Crippen LogP contribution in [0.1, 0.15) is 24.0 Å². The van der Waals surface area contributed by atoms with Gasteiger partial charge in [0.25, 0.3) is 0 Å². The standard InChI is InChI=1S/C17H14O4/c18-15(19)9-17(10-16(20)21)13-7-3-1-5-11(13)12-6-2-4-8-14(12)17/h1-8H,9-10H2,(H,18,19)(H,20,21). The van der Waals surface area contributed by atoms with Crippen LogP contribution in [0.15, 0.2) is 48.5 Å². The van der Waals surface area contributed by atoms with Gasteiger partial charge in [-0.1, -0.05) is 48.5 Å². The molecule has 0 aliphatic heterocycles. The van der Waals surface area contributed by atoms with E-state index < -0.39 is 17.4 Å². The predicted octanol–water partition coefficient (Wildman–Crippen LogP) is 2.90. The molecule has 0 fully saturated rings. The van der Waals surface area contributed by atoms with Gasteiger partial charge in [-0.25, -0.2) is 0 Å². The molecule has 0 saturated carbocycles. The number of fused-ring (bicyclic) bond motifs is 3. The number of hydrogen-bond donors (Lipinski definition) is 2. The quantitative estimate of drug-likeness (QED) is 0.904. The normalized spacial score (nSPS) is 14.3. The molecule has 1 aliphatic rings. The summed E-state index contributed by atoms with van der Waals surface area (Å²) >= 11 is 0. The van der Waals surface area contributed by atoms with Gasteiger partial charge in [0.2, 0.25) is 0 Å². The Labute approximate surface area is 121 Å². The van der Waals surface area contributed by atoms with E-state index in [9.17, 15) is 19.8 Å². The fourth-order valence-electron chi connectivity index (χ4n) is 3.38. The van der Waals surface area contributed by atoms with Crippen molar-refractivity contribution in [2.24, 2.45) is 0 Å². The lowest BCUT2D eigenvalue weighted by Gasteiger charge is -2.28. The molecule has 0 atom stereocenters. The van der Waals surface area contributed by atoms with Crippen molar-refractivity contribution in [2.75, 3.05) is 0 Å². The minimum Gasteiger partial charge on any atom is -0.481 e. The third kappa shape index (κ3) is 2.00. The Morgan fingerprint density at radius 2 is 1.14 bits per heavy atom. The van der Waals surface area contributed by atoms with E-state index >= 15 is 0 Å². The molecule has 3 rings (SSSR count). The molecule has 0 unspecified atom stereocenters. The second kappa shape index (κ2) is 4.74. The van der Waals surface area contributed by atoms with Crippen LogP contribution in [0.3, 0.4) is 0 Å². The van der Waals surface area contributed by atoms with Crippen molar-refractivity contribution in [3.63, 3.8) is 0 Å². The number of carboxylic acids is 2. The van der Waals surface area contributed by atoms with Crippen molar-refractivity contribution in [1.29, 1.82) is 0 Å². The van der Waals surface area contributed by atoms with Crippen molar-refractivity contribution < 1.29 is 19.8 Å². The molecule has 2 aromatic rings. The molecule has 2 N–H and O–H groups in total. The summed E-state index contributed by atoms with van der Waals surface area (Å²) in [7, 11) is 0. The molecule has 4 heteroatoms. The van der Waals surface area contributed by atoms with E-state index in [0.29, 0.717) is 0 Å². The van der Waals surface area contributed by atoms with Gasteiger partial charge in [0.1, 0.15) is 0 Å². The summed E-state index contributed by atoms with van der Waals surface area (Å²) in [6.45, 7) is 0. The first-order chi connectivity index (χ1) is 10.0. The molecule has 1 aliphatic carbocycles. The SMILES string of the molecule is O=C(O)CC1(CC(=O)O)c2ccccc2-c2ccccc21. The second-order valence-electron chi connectivity index (χ2n) is 5.31. The predicted molar refractivity (Wildman–Crippen MR) is 77.2 cm³/mol. The lowest BCUT2D eigenvalue weighted by atomic mass is 9.73. The molecule has 0 amide bonds. The molecular weight excluding hydrogens is 268 g/mol. The highest BCUT2D eigenvalue weighted by atomic mass is 16.4. The molecule has 106 valence electrons. The Balaban J connectivity index is 2.31. The molecule has 21 heavy (non-hydrogen) atoms. The molecule has 0 spiro atoms. The third-order valence-corrected chi connectivity index (χ3v) is 4.08. The lowest BCUT2D eigenvalue weighted by Crippen LogP contribution is -2.31. The zero-order valence-corrected chi connectivity index (χ0v) is 11.2. The minimum atomic E-state index is -0.997. The Hall–Kier alpha value is -2.62. The summed E-state index contributed by atoms with van der Waals surface area (Å²) < 4.78 is 0. The largest absolute Gasteiger partial charge is 0.481 e. The summed E-state index contributed by atoms with van der Waals surface area (Å²) in [6, 6.07) is 14.9. The first-order valence-electron chi connectivity index (χ1n) is 6.67. The molecule has 4 nitrogen and oxygen atoms in total. The lowest BCUT2D eigenvalue weighted by molar-refractivity contribution is -0.140. The monoisotopic (exact) mass is 282 g/mol. The van der Waals surface area contributed by atoms with Crippen molar-refractivity contribution in [3.8, 4) is 11.1 Å². The Morgan fingerprint density at radius 1 is 0.762 bits per heavy atom. The van der Waals surface area contributed by atoms with Crippen LogP contribution in [-0.4, -0.2) is 22.2 Å². The fraction of sp³-hybridized carbons (Fsp3) is 0.176. The van der Waals surface area contributed by atoms with Gasteiger partial charge in [0, 0.05) is 5.41 Å². The third-order valence-electron chi connectivity index (χ3n) is 4.08. The molecule has 0 radical (unpaired) electrons. The molecule has 0 bridgehead atoms. The number of rotatable bonds is 4. The molecule has 0 heterocycles. The van der Waals surface area contributed by atoms with E-state index in [4.69, 9.17) is 0 Å². The van der Waals surface area contributed by atoms with E-state index in [0.717, 1.165) is 22.3 Å². The number of aliphatic carboxylic acids is 2. The smallest absolute Gasteiger partial charge is 0.304 e. The van der Waals surface area contributed by atoms with Crippen LogP contribution in [0.2, 0.25) is 0 Å². The van der Waals surface area contributed by atoms with Crippen LogP contribution >= 0.6 is 0 Å². The van der Waals surface area contributed by atoms with Crippen LogP contribution in [-0.2, 0) is 15.0 Å². The average molecular weight is 282 g/mol. The number of benzene rings is 2. The van der Waals surface area contributed by atoms with Gasteiger partial charge in [0.15, 0.2) is 0 Å². The van der Waals surface area contributed by atoms with Crippen LogP contribution in [0.4, 0.5) is 0 Å².